The Balaban J connectivity index is 0.849. The third kappa shape index (κ3) is 9.76. The molecule has 2 aromatic carbocycles. The minimum atomic E-state index is -2.84. The average molecular weight is 914 g/mol. The molecule has 6 N–H and O–H groups in total. The molecular weight excluding hydrogens is 861 g/mol. The lowest BCUT2D eigenvalue weighted by molar-refractivity contribution is -0.136. The van der Waals surface area contributed by atoms with E-state index in [1.807, 2.05) is 0 Å². The van der Waals surface area contributed by atoms with Crippen molar-refractivity contribution in [1.29, 1.82) is 5.41 Å². The molecule has 2 fully saturated rings. The van der Waals surface area contributed by atoms with E-state index in [1.165, 1.54) is 23.0 Å². The summed E-state index contributed by atoms with van der Waals surface area (Å²) < 4.78 is 42.4. The van der Waals surface area contributed by atoms with Gasteiger partial charge in [0.05, 0.1) is 37.1 Å². The maximum Gasteiger partial charge on any atom is 0.317 e. The van der Waals surface area contributed by atoms with Crippen LogP contribution in [0.2, 0.25) is 0 Å². The van der Waals surface area contributed by atoms with Crippen molar-refractivity contribution in [3.05, 3.63) is 76.2 Å². The highest BCUT2D eigenvalue weighted by molar-refractivity contribution is 6.25. The molecule has 66 heavy (non-hydrogen) atoms. The summed E-state index contributed by atoms with van der Waals surface area (Å²) in [5.41, 5.74) is 4.05. The van der Waals surface area contributed by atoms with E-state index in [0.29, 0.717) is 73.6 Å². The lowest BCUT2D eigenvalue weighted by Gasteiger charge is -2.38. The summed E-state index contributed by atoms with van der Waals surface area (Å²) in [4.78, 5) is 80.3. The van der Waals surface area contributed by atoms with Crippen LogP contribution in [0.4, 0.5) is 25.0 Å². The number of imide groups is 2. The Labute approximate surface area is 379 Å². The molecule has 19 nitrogen and oxygen atoms in total. The summed E-state index contributed by atoms with van der Waals surface area (Å²) in [6.45, 7) is 3.01. The first-order valence-corrected chi connectivity index (χ1v) is 22.2. The van der Waals surface area contributed by atoms with Gasteiger partial charge >= 0.3 is 6.03 Å². The van der Waals surface area contributed by atoms with Crippen molar-refractivity contribution >= 4 is 52.8 Å². The zero-order chi connectivity index (χ0) is 46.5. The van der Waals surface area contributed by atoms with Crippen LogP contribution in [-0.4, -0.2) is 139 Å². The molecule has 8 rings (SSSR count). The van der Waals surface area contributed by atoms with Gasteiger partial charge in [-0.2, -0.15) is 5.10 Å². The van der Waals surface area contributed by atoms with Crippen molar-refractivity contribution in [2.45, 2.75) is 70.0 Å². The van der Waals surface area contributed by atoms with Gasteiger partial charge in [0, 0.05) is 105 Å². The summed E-state index contributed by atoms with van der Waals surface area (Å²) >= 11 is 0. The highest BCUT2D eigenvalue weighted by Gasteiger charge is 2.45. The number of aryl methyl sites for hydroxylation is 1. The van der Waals surface area contributed by atoms with Crippen LogP contribution in [0.5, 0.6) is 0 Å². The second-order valence-corrected chi connectivity index (χ2v) is 16.7. The largest absolute Gasteiger partial charge is 0.385 e. The molecule has 2 saturated heterocycles. The molecule has 350 valence electrons. The number of ether oxygens (including phenoxy) is 2. The van der Waals surface area contributed by atoms with Gasteiger partial charge < -0.3 is 40.5 Å². The molecule has 21 heteroatoms. The SMILES string of the molecule is CNC(=O)N1CCC(NC2CCOCC2)=C(C(=N)N2CCCc3cc(-c4cnn(CC(=O)NCCOCCNc5cccc6c5C(=O)N(C5CCC(=O)NC5=O)C6=O)c4)c(C(F)F)cc32)C1. The van der Waals surface area contributed by atoms with E-state index in [9.17, 15) is 43.0 Å². The van der Waals surface area contributed by atoms with Crippen LogP contribution in [-0.2, 0) is 36.8 Å². The Morgan fingerprint density at radius 1 is 1.00 bits per heavy atom. The van der Waals surface area contributed by atoms with Crippen LogP contribution in [0, 0.1) is 5.41 Å². The predicted octanol–water partition coefficient (Wildman–Crippen LogP) is 2.93. The number of aromatic nitrogens is 2. The molecule has 0 radical (unpaired) electrons. The number of alkyl halides is 2. The van der Waals surface area contributed by atoms with Crippen molar-refractivity contribution in [2.75, 3.05) is 76.4 Å². The van der Waals surface area contributed by atoms with Crippen LogP contribution in [0.3, 0.4) is 0 Å². The number of amides is 7. The fourth-order valence-corrected chi connectivity index (χ4v) is 9.11. The average Bonchev–Trinajstić information content (AvgIpc) is 3.88. The number of urea groups is 1. The Morgan fingerprint density at radius 3 is 2.58 bits per heavy atom. The number of anilines is 2. The fraction of sp³-hybridized carbons (Fsp3) is 0.467. The van der Waals surface area contributed by atoms with Gasteiger partial charge in [-0.15, -0.1) is 0 Å². The maximum atomic E-state index is 14.9. The highest BCUT2D eigenvalue weighted by Crippen LogP contribution is 2.40. The number of nitrogens with zero attached hydrogens (tertiary/aromatic N) is 5. The van der Waals surface area contributed by atoms with E-state index < -0.39 is 36.1 Å². The molecular formula is C45H53F2N11O8. The second kappa shape index (κ2) is 20.2. The van der Waals surface area contributed by atoms with Crippen LogP contribution >= 0.6 is 0 Å². The monoisotopic (exact) mass is 913 g/mol. The third-order valence-corrected chi connectivity index (χ3v) is 12.5. The predicted molar refractivity (Wildman–Crippen MR) is 236 cm³/mol. The Kier molecular flexibility index (Phi) is 14.0. The van der Waals surface area contributed by atoms with E-state index in [4.69, 9.17) is 9.47 Å². The summed E-state index contributed by atoms with van der Waals surface area (Å²) in [7, 11) is 1.57. The number of carbonyl (C=O) groups is 6. The number of nitrogens with one attached hydrogen (secondary N) is 6. The minimum absolute atomic E-state index is 0.0201. The quantitative estimate of drug-likeness (QED) is 0.0560. The number of fused-ring (bicyclic) bond motifs is 2. The van der Waals surface area contributed by atoms with Gasteiger partial charge in [0.25, 0.3) is 18.2 Å². The first-order chi connectivity index (χ1) is 31.9. The molecule has 0 bridgehead atoms. The standard InChI is InChI=1S/C45H53F2N11O8/c1-49-45(64)55-15-9-33(53-28-10-16-65-17-11-28)32(24-55)41(48)57-14-3-4-26-20-30(31(40(46)47)21-36(26)57)27-22-52-56(23-27)25-38(60)51-13-19-66-18-12-50-34-6-2-5-29-39(34)44(63)58(43(29)62)35-7-8-37(59)54-42(35)61/h2,5-6,20-23,28,35,40,48,50,53H,3-4,7-19,24-25H2,1H3,(H,49,64)(H,51,60)(H,54,59,61). The van der Waals surface area contributed by atoms with Crippen LogP contribution in [0.25, 0.3) is 11.1 Å². The van der Waals surface area contributed by atoms with Crippen LogP contribution in [0.15, 0.2) is 54.0 Å². The Bertz CT molecular complexity index is 2450. The number of hydrogen-bond donors (Lipinski definition) is 6. The number of amidine groups is 1. The van der Waals surface area contributed by atoms with Gasteiger partial charge in [-0.3, -0.25) is 44.3 Å². The molecule has 1 unspecified atom stereocenters. The number of hydrogen-bond acceptors (Lipinski definition) is 12. The lowest BCUT2D eigenvalue weighted by Crippen LogP contribution is -2.54. The van der Waals surface area contributed by atoms with E-state index >= 15 is 0 Å². The van der Waals surface area contributed by atoms with Crippen molar-refractivity contribution in [1.82, 2.24) is 40.8 Å². The molecule has 0 saturated carbocycles. The van der Waals surface area contributed by atoms with Gasteiger partial charge in [-0.25, -0.2) is 13.6 Å². The molecule has 1 aromatic heterocycles. The lowest BCUT2D eigenvalue weighted by atomic mass is 9.92. The Morgan fingerprint density at radius 2 is 1.80 bits per heavy atom. The van der Waals surface area contributed by atoms with E-state index in [0.717, 1.165) is 29.0 Å². The van der Waals surface area contributed by atoms with E-state index in [1.54, 1.807) is 41.2 Å². The molecule has 3 aromatic rings. The zero-order valence-corrected chi connectivity index (χ0v) is 36.6. The summed E-state index contributed by atoms with van der Waals surface area (Å²) in [5, 5.41) is 28.1. The molecule has 0 spiro atoms. The minimum Gasteiger partial charge on any atom is -0.385 e. The fourth-order valence-electron chi connectivity index (χ4n) is 9.11. The van der Waals surface area contributed by atoms with Crippen molar-refractivity contribution in [3.8, 4) is 11.1 Å². The normalized spacial score (nSPS) is 18.9. The van der Waals surface area contributed by atoms with Gasteiger partial charge in [0.2, 0.25) is 17.7 Å². The molecule has 7 amide bonds. The molecule has 0 aliphatic carbocycles. The summed E-state index contributed by atoms with van der Waals surface area (Å²) in [6.07, 6.45) is 3.70. The Hall–Kier alpha value is -6.74. The molecule has 5 aliphatic rings. The number of benzene rings is 2. The number of halogens is 2. The van der Waals surface area contributed by atoms with Gasteiger partial charge in [0.15, 0.2) is 0 Å². The van der Waals surface area contributed by atoms with Crippen LogP contribution < -0.4 is 31.5 Å². The first kappa shape index (κ1) is 45.8. The number of piperidine rings is 1. The topological polar surface area (TPSA) is 232 Å². The smallest absolute Gasteiger partial charge is 0.317 e. The molecule has 5 aliphatic heterocycles. The van der Waals surface area contributed by atoms with Crippen LogP contribution in [0.1, 0.15) is 76.8 Å². The molecule has 6 heterocycles. The third-order valence-electron chi connectivity index (χ3n) is 12.5. The van der Waals surface area contributed by atoms with Gasteiger partial charge in [0.1, 0.15) is 18.4 Å². The van der Waals surface area contributed by atoms with E-state index in [-0.39, 0.29) is 92.7 Å². The highest BCUT2D eigenvalue weighted by atomic mass is 19.3. The van der Waals surface area contributed by atoms with Gasteiger partial charge in [-0.05, 0) is 67.5 Å². The van der Waals surface area contributed by atoms with Crippen molar-refractivity contribution in [3.63, 3.8) is 0 Å². The van der Waals surface area contributed by atoms with Crippen molar-refractivity contribution < 1.29 is 47.0 Å². The van der Waals surface area contributed by atoms with E-state index in [2.05, 4.69) is 31.7 Å². The summed E-state index contributed by atoms with van der Waals surface area (Å²) in [6, 6.07) is 6.81. The number of rotatable bonds is 15. The number of carbonyl (C=O) groups excluding carboxylic acids is 6. The van der Waals surface area contributed by atoms with Crippen molar-refractivity contribution in [2.24, 2.45) is 0 Å². The first-order valence-electron chi connectivity index (χ1n) is 22.2. The van der Waals surface area contributed by atoms with Gasteiger partial charge in [-0.1, -0.05) is 6.07 Å². The summed E-state index contributed by atoms with van der Waals surface area (Å²) in [5.74, 6) is -2.57. The zero-order valence-electron chi connectivity index (χ0n) is 36.6. The second-order valence-electron chi connectivity index (χ2n) is 16.7. The molecule has 1 atom stereocenters. The maximum absolute atomic E-state index is 14.9.